The minimum absolute atomic E-state index is 0.0834. The molecule has 0 saturated carbocycles. The average molecular weight is 395 g/mol. The molecule has 3 aliphatic heterocycles. The maximum absolute atomic E-state index is 13.0. The number of piperidine rings is 1. The summed E-state index contributed by atoms with van der Waals surface area (Å²) in [5.41, 5.74) is 1.47. The number of hydrogen-bond donors (Lipinski definition) is 0. The highest BCUT2D eigenvalue weighted by molar-refractivity contribution is 5.99. The van der Waals surface area contributed by atoms with E-state index >= 15 is 0 Å². The molecule has 1 aromatic carbocycles. The highest BCUT2D eigenvalue weighted by Gasteiger charge is 2.39. The van der Waals surface area contributed by atoms with Gasteiger partial charge in [-0.2, -0.15) is 5.26 Å². The minimum atomic E-state index is -0.0834. The van der Waals surface area contributed by atoms with Crippen molar-refractivity contribution in [3.8, 4) is 6.07 Å². The maximum Gasteiger partial charge on any atom is 0.244 e. The fourth-order valence-electron chi connectivity index (χ4n) is 4.98. The molecular weight excluding hydrogens is 364 g/mol. The average Bonchev–Trinajstić information content (AvgIpc) is 2.96. The summed E-state index contributed by atoms with van der Waals surface area (Å²) < 4.78 is 0. The summed E-state index contributed by atoms with van der Waals surface area (Å²) in [6.45, 7) is 4.19. The number of carbonyl (C=O) groups is 2. The van der Waals surface area contributed by atoms with E-state index in [2.05, 4.69) is 15.9 Å². The van der Waals surface area contributed by atoms with Gasteiger partial charge in [-0.1, -0.05) is 12.8 Å². The molecule has 1 aromatic rings. The van der Waals surface area contributed by atoms with Gasteiger partial charge in [0.25, 0.3) is 0 Å². The lowest BCUT2D eigenvalue weighted by Crippen LogP contribution is -2.48. The van der Waals surface area contributed by atoms with Crippen LogP contribution in [-0.2, 0) is 9.59 Å². The topological polar surface area (TPSA) is 67.7 Å². The van der Waals surface area contributed by atoms with Crippen molar-refractivity contribution >= 4 is 17.5 Å². The highest BCUT2D eigenvalue weighted by Crippen LogP contribution is 2.29. The van der Waals surface area contributed by atoms with Crippen LogP contribution in [0.25, 0.3) is 0 Å². The molecule has 3 aliphatic rings. The van der Waals surface area contributed by atoms with E-state index in [9.17, 15) is 9.59 Å². The Morgan fingerprint density at radius 1 is 0.897 bits per heavy atom. The molecule has 154 valence electrons. The van der Waals surface area contributed by atoms with E-state index in [1.54, 1.807) is 12.1 Å². The zero-order chi connectivity index (χ0) is 20.2. The minimum Gasteiger partial charge on any atom is -0.342 e. The molecule has 0 aromatic heterocycles. The zero-order valence-electron chi connectivity index (χ0n) is 17.1. The number of nitrogens with zero attached hydrogens (tertiary/aromatic N) is 4. The summed E-state index contributed by atoms with van der Waals surface area (Å²) >= 11 is 0. The lowest BCUT2D eigenvalue weighted by Gasteiger charge is -2.36. The number of amides is 2. The largest absolute Gasteiger partial charge is 0.342 e. The smallest absolute Gasteiger partial charge is 0.244 e. The highest BCUT2D eigenvalue weighted by atomic mass is 16.2. The molecule has 6 heteroatoms. The van der Waals surface area contributed by atoms with Crippen LogP contribution in [0.1, 0.15) is 50.5 Å². The first kappa shape index (κ1) is 19.9. The molecule has 0 aliphatic carbocycles. The van der Waals surface area contributed by atoms with Gasteiger partial charge in [0.15, 0.2) is 0 Å². The summed E-state index contributed by atoms with van der Waals surface area (Å²) in [6, 6.07) is 9.25. The van der Waals surface area contributed by atoms with Gasteiger partial charge in [0.2, 0.25) is 11.8 Å². The SMILES string of the molecule is N#Cc1ccc(N2CCC(N3CCC(C(=O)N4CCCCCC4)CC3)C2=O)cc1. The number of hydrogen-bond acceptors (Lipinski definition) is 4. The first-order chi connectivity index (χ1) is 14.2. The fourth-order valence-corrected chi connectivity index (χ4v) is 4.98. The molecule has 3 heterocycles. The predicted octanol–water partition coefficient (Wildman–Crippen LogP) is 2.78. The molecule has 6 nitrogen and oxygen atoms in total. The van der Waals surface area contributed by atoms with Crippen LogP contribution in [0, 0.1) is 17.2 Å². The Balaban J connectivity index is 1.32. The van der Waals surface area contributed by atoms with E-state index in [0.717, 1.165) is 64.0 Å². The fraction of sp³-hybridized carbons (Fsp3) is 0.609. The van der Waals surface area contributed by atoms with Crippen molar-refractivity contribution in [1.29, 1.82) is 5.26 Å². The second kappa shape index (κ2) is 8.96. The Morgan fingerprint density at radius 3 is 2.17 bits per heavy atom. The number of anilines is 1. The Kier molecular flexibility index (Phi) is 6.15. The van der Waals surface area contributed by atoms with E-state index in [1.807, 2.05) is 17.0 Å². The molecule has 3 saturated heterocycles. The van der Waals surface area contributed by atoms with Crippen molar-refractivity contribution in [3.05, 3.63) is 29.8 Å². The van der Waals surface area contributed by atoms with Crippen LogP contribution in [0.15, 0.2) is 24.3 Å². The monoisotopic (exact) mass is 394 g/mol. The third kappa shape index (κ3) is 4.30. The van der Waals surface area contributed by atoms with Gasteiger partial charge in [0.1, 0.15) is 0 Å². The lowest BCUT2D eigenvalue weighted by molar-refractivity contribution is -0.137. The van der Waals surface area contributed by atoms with Crippen LogP contribution in [-0.4, -0.2) is 60.4 Å². The van der Waals surface area contributed by atoms with Crippen molar-refractivity contribution in [2.75, 3.05) is 37.6 Å². The van der Waals surface area contributed by atoms with E-state index < -0.39 is 0 Å². The predicted molar refractivity (Wildman–Crippen MR) is 111 cm³/mol. The first-order valence-electron chi connectivity index (χ1n) is 11.0. The van der Waals surface area contributed by atoms with Gasteiger partial charge in [-0.05, 0) is 69.5 Å². The summed E-state index contributed by atoms with van der Waals surface area (Å²) in [5.74, 6) is 0.603. The van der Waals surface area contributed by atoms with Gasteiger partial charge in [-0.3, -0.25) is 14.5 Å². The van der Waals surface area contributed by atoms with Crippen LogP contribution in [0.5, 0.6) is 0 Å². The third-order valence-corrected chi connectivity index (χ3v) is 6.72. The summed E-state index contributed by atoms with van der Waals surface area (Å²) in [7, 11) is 0. The molecule has 0 radical (unpaired) electrons. The van der Waals surface area contributed by atoms with Crippen molar-refractivity contribution in [1.82, 2.24) is 9.80 Å². The number of rotatable bonds is 3. The first-order valence-corrected chi connectivity index (χ1v) is 11.0. The van der Waals surface area contributed by atoms with Crippen LogP contribution in [0.4, 0.5) is 5.69 Å². The van der Waals surface area contributed by atoms with E-state index in [0.29, 0.717) is 18.0 Å². The molecule has 0 spiro atoms. The summed E-state index contributed by atoms with van der Waals surface area (Å²) in [6.07, 6.45) is 7.28. The number of benzene rings is 1. The summed E-state index contributed by atoms with van der Waals surface area (Å²) in [5, 5.41) is 8.95. The second-order valence-electron chi connectivity index (χ2n) is 8.50. The van der Waals surface area contributed by atoms with Crippen molar-refractivity contribution in [2.24, 2.45) is 5.92 Å². The van der Waals surface area contributed by atoms with Crippen LogP contribution in [0.3, 0.4) is 0 Å². The Morgan fingerprint density at radius 2 is 1.55 bits per heavy atom. The van der Waals surface area contributed by atoms with E-state index in [4.69, 9.17) is 5.26 Å². The van der Waals surface area contributed by atoms with E-state index in [-0.39, 0.29) is 17.9 Å². The van der Waals surface area contributed by atoms with Crippen LogP contribution >= 0.6 is 0 Å². The molecule has 2 amide bonds. The molecular formula is C23H30N4O2. The molecule has 0 bridgehead atoms. The van der Waals surface area contributed by atoms with Gasteiger partial charge in [0.05, 0.1) is 17.7 Å². The second-order valence-corrected chi connectivity index (χ2v) is 8.50. The lowest BCUT2D eigenvalue weighted by atomic mass is 9.94. The molecule has 1 atom stereocenters. The number of carbonyl (C=O) groups excluding carboxylic acids is 2. The standard InChI is InChI=1S/C23H30N4O2/c24-17-18-5-7-20(8-6-18)27-16-11-21(23(27)29)25-14-9-19(10-15-25)22(28)26-12-3-1-2-4-13-26/h5-8,19,21H,1-4,9-16H2. The van der Waals surface area contributed by atoms with Gasteiger partial charge in [-0.15, -0.1) is 0 Å². The number of likely N-dealkylation sites (tertiary alicyclic amines) is 2. The normalized spacial score (nSPS) is 24.4. The quantitative estimate of drug-likeness (QED) is 0.791. The van der Waals surface area contributed by atoms with Gasteiger partial charge >= 0.3 is 0 Å². The van der Waals surface area contributed by atoms with Crippen molar-refractivity contribution in [3.63, 3.8) is 0 Å². The van der Waals surface area contributed by atoms with Crippen LogP contribution < -0.4 is 4.90 Å². The van der Waals surface area contributed by atoms with Crippen LogP contribution in [0.2, 0.25) is 0 Å². The van der Waals surface area contributed by atoms with E-state index in [1.165, 1.54) is 12.8 Å². The van der Waals surface area contributed by atoms with Gasteiger partial charge in [0, 0.05) is 31.2 Å². The number of nitriles is 1. The third-order valence-electron chi connectivity index (χ3n) is 6.72. The molecule has 1 unspecified atom stereocenters. The summed E-state index contributed by atoms with van der Waals surface area (Å²) in [4.78, 5) is 32.1. The molecule has 4 rings (SSSR count). The molecule has 29 heavy (non-hydrogen) atoms. The molecule has 0 N–H and O–H groups in total. The maximum atomic E-state index is 13.0. The Labute approximate surface area is 173 Å². The Hall–Kier alpha value is -2.39. The Bertz CT molecular complexity index is 769. The zero-order valence-corrected chi connectivity index (χ0v) is 17.1. The molecule has 3 fully saturated rings. The van der Waals surface area contributed by atoms with Gasteiger partial charge in [-0.25, -0.2) is 0 Å². The van der Waals surface area contributed by atoms with Gasteiger partial charge < -0.3 is 9.80 Å². The van der Waals surface area contributed by atoms with Crippen molar-refractivity contribution in [2.45, 2.75) is 51.0 Å². The van der Waals surface area contributed by atoms with Crippen molar-refractivity contribution < 1.29 is 9.59 Å².